The van der Waals surface area contributed by atoms with Crippen LogP contribution in [0.1, 0.15) is 17.2 Å². The summed E-state index contributed by atoms with van der Waals surface area (Å²) >= 11 is 0. The van der Waals surface area contributed by atoms with Gasteiger partial charge in [-0.2, -0.15) is 15.0 Å². The topological polar surface area (TPSA) is 140 Å². The van der Waals surface area contributed by atoms with E-state index in [1.807, 2.05) is 82.5 Å². The second kappa shape index (κ2) is 9.69. The van der Waals surface area contributed by atoms with Gasteiger partial charge < -0.3 is 30.2 Å². The Morgan fingerprint density at radius 2 is 1.46 bits per heavy atom. The summed E-state index contributed by atoms with van der Waals surface area (Å²) in [5, 5.41) is 23.4. The molecule has 0 bridgehead atoms. The van der Waals surface area contributed by atoms with Crippen LogP contribution in [0.3, 0.4) is 0 Å². The molecule has 0 aliphatic carbocycles. The number of rotatable bonds is 6. The first kappa shape index (κ1) is 26.6. The Balaban J connectivity index is 1.20. The van der Waals surface area contributed by atoms with Crippen molar-refractivity contribution >= 4 is 67.6 Å². The molecule has 10 rings (SSSR count). The molecule has 1 aliphatic rings. The van der Waals surface area contributed by atoms with Gasteiger partial charge in [0.15, 0.2) is 5.82 Å². The fourth-order valence-corrected chi connectivity index (χ4v) is 7.15. The zero-order valence-corrected chi connectivity index (χ0v) is 25.9. The van der Waals surface area contributed by atoms with Gasteiger partial charge >= 0.3 is 6.01 Å². The fraction of sp³-hybridized carbons (Fsp3) is 0.114. The molecule has 7 heterocycles. The molecular weight excluding hydrogens is 604 g/mol. The Morgan fingerprint density at radius 3 is 2.23 bits per heavy atom. The maximum Gasteiger partial charge on any atom is 0.320 e. The minimum atomic E-state index is -0.390. The van der Waals surface area contributed by atoms with Gasteiger partial charge in [-0.3, -0.25) is 4.57 Å². The first-order valence-corrected chi connectivity index (χ1v) is 15.6. The number of nitrogens with zero attached hydrogens (tertiary/aromatic N) is 9. The average molecular weight is 633 g/mol. The van der Waals surface area contributed by atoms with E-state index in [9.17, 15) is 5.11 Å². The molecule has 0 amide bonds. The highest BCUT2D eigenvalue weighted by atomic mass is 16.3. The number of anilines is 5. The van der Waals surface area contributed by atoms with E-state index in [-0.39, 0.29) is 5.92 Å². The maximum atomic E-state index is 10.7. The lowest BCUT2D eigenvalue weighted by Gasteiger charge is -2.19. The van der Waals surface area contributed by atoms with Gasteiger partial charge in [-0.25, -0.2) is 14.4 Å². The lowest BCUT2D eigenvalue weighted by molar-refractivity contribution is 0.431. The molecule has 0 spiro atoms. The minimum Gasteiger partial charge on any atom is -0.479 e. The normalized spacial score (nSPS) is 14.4. The van der Waals surface area contributed by atoms with Crippen LogP contribution in [-0.4, -0.2) is 54.7 Å². The Labute approximate surface area is 272 Å². The third-order valence-electron chi connectivity index (χ3n) is 9.38. The number of para-hydroxylation sites is 1. The van der Waals surface area contributed by atoms with E-state index in [1.165, 1.54) is 0 Å². The summed E-state index contributed by atoms with van der Waals surface area (Å²) in [6.07, 6.45) is 5.80. The van der Waals surface area contributed by atoms with E-state index in [1.54, 1.807) is 6.33 Å². The van der Waals surface area contributed by atoms with Gasteiger partial charge in [-0.15, -0.1) is 0 Å². The van der Waals surface area contributed by atoms with E-state index in [0.29, 0.717) is 23.9 Å². The molecule has 0 fully saturated rings. The van der Waals surface area contributed by atoms with Crippen molar-refractivity contribution in [3.63, 3.8) is 0 Å². The molecule has 0 saturated heterocycles. The summed E-state index contributed by atoms with van der Waals surface area (Å²) in [7, 11) is 4.02. The number of hydrogen-bond acceptors (Lipinski definition) is 9. The van der Waals surface area contributed by atoms with Crippen LogP contribution in [0.5, 0.6) is 6.01 Å². The molecule has 13 heteroatoms. The first-order valence-electron chi connectivity index (χ1n) is 15.6. The maximum absolute atomic E-state index is 10.7. The zero-order chi connectivity index (χ0) is 32.1. The Bertz CT molecular complexity index is 2700. The van der Waals surface area contributed by atoms with Gasteiger partial charge in [-0.05, 0) is 54.6 Å². The van der Waals surface area contributed by atoms with E-state index >= 15 is 0 Å². The Morgan fingerprint density at radius 1 is 0.750 bits per heavy atom. The third-order valence-corrected chi connectivity index (χ3v) is 9.38. The van der Waals surface area contributed by atoms with Crippen LogP contribution in [0.15, 0.2) is 91.5 Å². The predicted molar refractivity (Wildman–Crippen MR) is 185 cm³/mol. The molecule has 48 heavy (non-hydrogen) atoms. The van der Waals surface area contributed by atoms with Crippen LogP contribution < -0.4 is 16.0 Å². The Kier molecular flexibility index (Phi) is 5.36. The number of aromatic nitrogens is 9. The summed E-state index contributed by atoms with van der Waals surface area (Å²) in [4.78, 5) is 23.6. The number of hydrogen-bond donors (Lipinski definition) is 4. The fourth-order valence-electron chi connectivity index (χ4n) is 7.15. The van der Waals surface area contributed by atoms with Crippen LogP contribution in [0, 0.1) is 0 Å². The SMILES string of the molecule is Cn1cccc1Nc1cccc2c1C(c1nc3nc(O)nc4nc(-n5cnc6cccc(Nc7cccn7C)c65)c5ccc1c5n34)CN2. The van der Waals surface area contributed by atoms with Crippen molar-refractivity contribution in [3.8, 4) is 11.8 Å². The molecule has 13 nitrogen and oxygen atoms in total. The van der Waals surface area contributed by atoms with Crippen molar-refractivity contribution in [2.24, 2.45) is 14.1 Å². The van der Waals surface area contributed by atoms with Gasteiger partial charge in [0.25, 0.3) is 0 Å². The van der Waals surface area contributed by atoms with Gasteiger partial charge in [0.05, 0.1) is 27.9 Å². The monoisotopic (exact) mass is 632 g/mol. The minimum absolute atomic E-state index is 0.0951. The number of fused-ring (bicyclic) bond motifs is 2. The average Bonchev–Trinajstić information content (AvgIpc) is 3.92. The molecule has 4 N–H and O–H groups in total. The zero-order valence-electron chi connectivity index (χ0n) is 25.9. The molecule has 9 aromatic rings. The molecule has 1 atom stereocenters. The first-order chi connectivity index (χ1) is 23.5. The van der Waals surface area contributed by atoms with Crippen LogP contribution in [-0.2, 0) is 14.1 Å². The van der Waals surface area contributed by atoms with Crippen LogP contribution >= 0.6 is 0 Å². The Hall–Kier alpha value is -6.63. The van der Waals surface area contributed by atoms with E-state index in [0.717, 1.165) is 67.3 Å². The largest absolute Gasteiger partial charge is 0.479 e. The third kappa shape index (κ3) is 3.75. The molecular formula is C35H28N12O. The van der Waals surface area contributed by atoms with Crippen molar-refractivity contribution in [2.75, 3.05) is 22.5 Å². The second-order valence-corrected chi connectivity index (χ2v) is 12.1. The predicted octanol–water partition coefficient (Wildman–Crippen LogP) is 6.03. The van der Waals surface area contributed by atoms with Gasteiger partial charge in [0.2, 0.25) is 11.6 Å². The summed E-state index contributed by atoms with van der Waals surface area (Å²) in [5.41, 5.74) is 7.49. The van der Waals surface area contributed by atoms with Gasteiger partial charge in [0, 0.05) is 66.7 Å². The molecule has 0 radical (unpaired) electrons. The van der Waals surface area contributed by atoms with E-state index in [2.05, 4.69) is 60.8 Å². The molecule has 1 aliphatic heterocycles. The molecule has 234 valence electrons. The molecule has 6 aromatic heterocycles. The number of aryl methyl sites for hydroxylation is 2. The number of aromatic hydroxyl groups is 1. The van der Waals surface area contributed by atoms with Crippen LogP contribution in [0.4, 0.5) is 28.7 Å². The van der Waals surface area contributed by atoms with Crippen molar-refractivity contribution in [1.29, 1.82) is 0 Å². The van der Waals surface area contributed by atoms with E-state index < -0.39 is 6.01 Å². The van der Waals surface area contributed by atoms with Gasteiger partial charge in [-0.1, -0.05) is 18.2 Å². The highest BCUT2D eigenvalue weighted by Gasteiger charge is 2.32. The van der Waals surface area contributed by atoms with E-state index in [4.69, 9.17) is 15.0 Å². The highest BCUT2D eigenvalue weighted by molar-refractivity contribution is 6.06. The van der Waals surface area contributed by atoms with Crippen molar-refractivity contribution < 1.29 is 5.11 Å². The smallest absolute Gasteiger partial charge is 0.320 e. The van der Waals surface area contributed by atoms with Crippen molar-refractivity contribution in [2.45, 2.75) is 5.92 Å². The quantitative estimate of drug-likeness (QED) is 0.173. The van der Waals surface area contributed by atoms with Crippen LogP contribution in [0.2, 0.25) is 0 Å². The second-order valence-electron chi connectivity index (χ2n) is 12.1. The standard InChI is InChI=1S/C35H28N12O/c1-44-15-5-11-26(44)38-23-8-3-7-22-28(23)21(17-36-22)29-19-13-14-20-30(19)47-33(40-29)42-35(48)43-34(47)41-32(20)46-18-37-24-9-4-10-25(31(24)46)39-27-12-6-16-45(27)2/h3-16,18,21,36,38-39H,17H2,1-2H3,(H,40,41,42,43,48). The van der Waals surface area contributed by atoms with Crippen molar-refractivity contribution in [3.05, 3.63) is 103 Å². The van der Waals surface area contributed by atoms with Crippen LogP contribution in [0.25, 0.3) is 44.7 Å². The highest BCUT2D eigenvalue weighted by Crippen LogP contribution is 2.45. The summed E-state index contributed by atoms with van der Waals surface area (Å²) in [6.45, 7) is 0.658. The summed E-state index contributed by atoms with van der Waals surface area (Å²) < 4.78 is 7.89. The molecule has 3 aromatic carbocycles. The number of nitrogens with one attached hydrogen (secondary N) is 3. The number of benzene rings is 2. The van der Waals surface area contributed by atoms with Crippen molar-refractivity contribution in [1.82, 2.24) is 43.0 Å². The summed E-state index contributed by atoms with van der Waals surface area (Å²) in [6, 6.07) is 24.1. The lowest BCUT2D eigenvalue weighted by Crippen LogP contribution is -2.13. The molecule has 0 saturated carbocycles. The molecule has 1 unspecified atom stereocenters. The number of imidazole rings is 1. The van der Waals surface area contributed by atoms with Gasteiger partial charge in [0.1, 0.15) is 18.0 Å². The lowest BCUT2D eigenvalue weighted by atomic mass is 9.94. The summed E-state index contributed by atoms with van der Waals surface area (Å²) in [5.74, 6) is 3.10.